The van der Waals surface area contributed by atoms with E-state index in [4.69, 9.17) is 13.9 Å². The first kappa shape index (κ1) is 19.3. The Balaban J connectivity index is 1.42. The topological polar surface area (TPSA) is 63.9 Å². The summed E-state index contributed by atoms with van der Waals surface area (Å²) in [4.78, 5) is 14.4. The molecule has 1 aliphatic rings. The third-order valence-corrected chi connectivity index (χ3v) is 5.44. The van der Waals surface area contributed by atoms with Crippen LogP contribution in [0.25, 0.3) is 11.0 Å². The van der Waals surface area contributed by atoms with Gasteiger partial charge in [0.2, 0.25) is 0 Å². The number of nitrogens with one attached hydrogen (secondary N) is 1. The van der Waals surface area contributed by atoms with Crippen molar-refractivity contribution >= 4 is 16.7 Å². The zero-order valence-electron chi connectivity index (χ0n) is 16.8. The van der Waals surface area contributed by atoms with Crippen molar-refractivity contribution in [2.24, 2.45) is 0 Å². The third kappa shape index (κ3) is 4.54. The van der Waals surface area contributed by atoms with Gasteiger partial charge >= 0.3 is 5.63 Å². The summed E-state index contributed by atoms with van der Waals surface area (Å²) in [5.74, 6) is 1.63. The Morgan fingerprint density at radius 1 is 1.03 bits per heavy atom. The molecular formula is C23H26N2O4. The molecule has 6 nitrogen and oxygen atoms in total. The molecule has 4 rings (SSSR count). The molecule has 1 aromatic heterocycles. The van der Waals surface area contributed by atoms with Crippen LogP contribution >= 0.6 is 0 Å². The van der Waals surface area contributed by atoms with Crippen molar-refractivity contribution in [3.63, 3.8) is 0 Å². The maximum absolute atomic E-state index is 12.0. The molecule has 0 saturated carbocycles. The zero-order chi connectivity index (χ0) is 20.2. The molecule has 0 bridgehead atoms. The van der Waals surface area contributed by atoms with Gasteiger partial charge in [0.1, 0.15) is 17.1 Å². The summed E-state index contributed by atoms with van der Waals surface area (Å²) in [5.41, 5.74) is 2.29. The first-order valence-electron chi connectivity index (χ1n) is 9.88. The van der Waals surface area contributed by atoms with E-state index in [1.807, 2.05) is 18.2 Å². The number of fused-ring (bicyclic) bond motifs is 1. The van der Waals surface area contributed by atoms with Crippen molar-refractivity contribution in [1.29, 1.82) is 0 Å². The second-order valence-electron chi connectivity index (χ2n) is 7.39. The molecule has 1 saturated heterocycles. The molecule has 0 spiro atoms. The highest BCUT2D eigenvalue weighted by Crippen LogP contribution is 2.28. The molecule has 2 heterocycles. The van der Waals surface area contributed by atoms with Crippen LogP contribution in [0.5, 0.6) is 11.5 Å². The van der Waals surface area contributed by atoms with Crippen molar-refractivity contribution in [3.05, 3.63) is 64.5 Å². The van der Waals surface area contributed by atoms with Crippen molar-refractivity contribution in [1.82, 2.24) is 4.90 Å². The van der Waals surface area contributed by atoms with Crippen LogP contribution in [0.1, 0.15) is 18.4 Å². The lowest BCUT2D eigenvalue weighted by molar-refractivity contribution is 0.211. The summed E-state index contributed by atoms with van der Waals surface area (Å²) in [6.45, 7) is 2.91. The smallest absolute Gasteiger partial charge is 0.338 e. The van der Waals surface area contributed by atoms with Gasteiger partial charge in [-0.05, 0) is 48.7 Å². The minimum absolute atomic E-state index is 0.313. The monoisotopic (exact) mass is 394 g/mol. The zero-order valence-corrected chi connectivity index (χ0v) is 16.8. The number of hydrogen-bond donors (Lipinski definition) is 1. The average molecular weight is 394 g/mol. The maximum Gasteiger partial charge on any atom is 0.338 e. The Labute approximate surface area is 170 Å². The quantitative estimate of drug-likeness (QED) is 0.640. The van der Waals surface area contributed by atoms with Crippen LogP contribution < -0.4 is 20.4 Å². The predicted octanol–water partition coefficient (Wildman–Crippen LogP) is 3.89. The molecule has 0 atom stereocenters. The molecule has 1 fully saturated rings. The van der Waals surface area contributed by atoms with Crippen LogP contribution in [-0.4, -0.2) is 38.3 Å². The van der Waals surface area contributed by atoms with Crippen LogP contribution in [0.15, 0.2) is 57.7 Å². The summed E-state index contributed by atoms with van der Waals surface area (Å²) in [6, 6.07) is 15.5. The molecule has 2 aromatic carbocycles. The van der Waals surface area contributed by atoms with Gasteiger partial charge in [0.15, 0.2) is 0 Å². The molecule has 0 aliphatic carbocycles. The lowest BCUT2D eigenvalue weighted by atomic mass is 10.0. The highest BCUT2D eigenvalue weighted by Gasteiger charge is 2.20. The first-order valence-corrected chi connectivity index (χ1v) is 9.88. The number of piperidine rings is 1. The standard InChI is InChI=1S/C23H26N2O4/c1-27-18-5-3-4-16(12-18)15-25-10-8-17(9-11-25)24-21-14-23(26)29-22-7-6-19(28-2)13-20(21)22/h3-7,12-14,17,24H,8-11,15H2,1-2H3. The Morgan fingerprint density at radius 2 is 1.79 bits per heavy atom. The van der Waals surface area contributed by atoms with E-state index in [2.05, 4.69) is 22.3 Å². The average Bonchev–Trinajstić information content (AvgIpc) is 2.75. The van der Waals surface area contributed by atoms with Gasteiger partial charge in [0.05, 0.1) is 19.9 Å². The van der Waals surface area contributed by atoms with E-state index in [0.29, 0.717) is 11.6 Å². The highest BCUT2D eigenvalue weighted by atomic mass is 16.5. The summed E-state index contributed by atoms with van der Waals surface area (Å²) in [5, 5.41) is 4.42. The molecule has 3 aromatic rings. The highest BCUT2D eigenvalue weighted by molar-refractivity contribution is 5.90. The summed E-state index contributed by atoms with van der Waals surface area (Å²) < 4.78 is 16.0. The molecule has 6 heteroatoms. The van der Waals surface area contributed by atoms with E-state index in [0.717, 1.165) is 55.0 Å². The number of rotatable bonds is 6. The third-order valence-electron chi connectivity index (χ3n) is 5.44. The summed E-state index contributed by atoms with van der Waals surface area (Å²) in [7, 11) is 3.32. The minimum Gasteiger partial charge on any atom is -0.497 e. The molecule has 0 unspecified atom stereocenters. The molecule has 0 radical (unpaired) electrons. The van der Waals surface area contributed by atoms with Gasteiger partial charge in [-0.2, -0.15) is 0 Å². The van der Waals surface area contributed by atoms with Crippen molar-refractivity contribution in [2.45, 2.75) is 25.4 Å². The van der Waals surface area contributed by atoms with Crippen molar-refractivity contribution < 1.29 is 13.9 Å². The number of anilines is 1. The van der Waals surface area contributed by atoms with Gasteiger partial charge < -0.3 is 19.2 Å². The second-order valence-corrected chi connectivity index (χ2v) is 7.39. The van der Waals surface area contributed by atoms with Crippen LogP contribution in [0.3, 0.4) is 0 Å². The SMILES string of the molecule is COc1cccc(CN2CCC(Nc3cc(=O)oc4ccc(OC)cc34)CC2)c1. The van der Waals surface area contributed by atoms with E-state index in [1.165, 1.54) is 11.6 Å². The second kappa shape index (κ2) is 8.57. The van der Waals surface area contributed by atoms with Gasteiger partial charge in [-0.25, -0.2) is 4.79 Å². The Kier molecular flexibility index (Phi) is 5.71. The minimum atomic E-state index is -0.347. The molecule has 1 aliphatic heterocycles. The number of hydrogen-bond acceptors (Lipinski definition) is 6. The van der Waals surface area contributed by atoms with Crippen LogP contribution in [0.4, 0.5) is 5.69 Å². The Morgan fingerprint density at radius 3 is 2.55 bits per heavy atom. The lowest BCUT2D eigenvalue weighted by Gasteiger charge is -2.33. The lowest BCUT2D eigenvalue weighted by Crippen LogP contribution is -2.38. The molecule has 29 heavy (non-hydrogen) atoms. The van der Waals surface area contributed by atoms with Crippen LogP contribution in [0, 0.1) is 0 Å². The predicted molar refractivity (Wildman–Crippen MR) is 114 cm³/mol. The van der Waals surface area contributed by atoms with E-state index in [9.17, 15) is 4.79 Å². The number of nitrogens with zero attached hydrogens (tertiary/aromatic N) is 1. The van der Waals surface area contributed by atoms with Crippen molar-refractivity contribution in [2.75, 3.05) is 32.6 Å². The molecule has 0 amide bonds. The fraction of sp³-hybridized carbons (Fsp3) is 0.348. The van der Waals surface area contributed by atoms with Crippen molar-refractivity contribution in [3.8, 4) is 11.5 Å². The van der Waals surface area contributed by atoms with Gasteiger partial charge in [-0.3, -0.25) is 4.90 Å². The fourth-order valence-electron chi connectivity index (χ4n) is 3.87. The number of methoxy groups -OCH3 is 2. The number of likely N-dealkylation sites (tertiary alicyclic amines) is 1. The number of benzene rings is 2. The Hall–Kier alpha value is -2.99. The molecule has 1 N–H and O–H groups in total. The Bertz CT molecular complexity index is 1040. The van der Waals surface area contributed by atoms with E-state index >= 15 is 0 Å². The van der Waals surface area contributed by atoms with E-state index in [-0.39, 0.29) is 5.63 Å². The summed E-state index contributed by atoms with van der Waals surface area (Å²) in [6.07, 6.45) is 2.02. The van der Waals surface area contributed by atoms with Crippen LogP contribution in [-0.2, 0) is 6.54 Å². The number of ether oxygens (including phenoxy) is 2. The summed E-state index contributed by atoms with van der Waals surface area (Å²) >= 11 is 0. The van der Waals surface area contributed by atoms with Gasteiger partial charge in [0, 0.05) is 37.1 Å². The molecular weight excluding hydrogens is 368 g/mol. The maximum atomic E-state index is 12.0. The molecule has 152 valence electrons. The van der Waals surface area contributed by atoms with E-state index < -0.39 is 0 Å². The van der Waals surface area contributed by atoms with Gasteiger partial charge in [-0.15, -0.1) is 0 Å². The normalized spacial score (nSPS) is 15.4. The van der Waals surface area contributed by atoms with Gasteiger partial charge in [0.25, 0.3) is 0 Å². The van der Waals surface area contributed by atoms with Gasteiger partial charge in [-0.1, -0.05) is 12.1 Å². The fourth-order valence-corrected chi connectivity index (χ4v) is 3.87. The largest absolute Gasteiger partial charge is 0.497 e. The van der Waals surface area contributed by atoms with E-state index in [1.54, 1.807) is 26.4 Å². The first-order chi connectivity index (χ1) is 14.1. The van der Waals surface area contributed by atoms with Crippen LogP contribution in [0.2, 0.25) is 0 Å².